The van der Waals surface area contributed by atoms with Crippen LogP contribution in [0.5, 0.6) is 0 Å². The number of hydrogen-bond donors (Lipinski definition) is 1. The predicted molar refractivity (Wildman–Crippen MR) is 64.8 cm³/mol. The molecule has 0 spiro atoms. The lowest BCUT2D eigenvalue weighted by atomic mass is 9.96. The second-order valence-corrected chi connectivity index (χ2v) is 5.49. The van der Waals surface area contributed by atoms with Crippen molar-refractivity contribution >= 4 is 0 Å². The average molecular weight is 210 g/mol. The standard InChI is InChI=1S/C13H26N2/c1-11(10-12-5-6-12)15-9-3-2-4-13(15)7-8-14/h11-13H,2-10,14H2,1H3. The summed E-state index contributed by atoms with van der Waals surface area (Å²) in [6.45, 7) is 4.60. The van der Waals surface area contributed by atoms with Crippen LogP contribution in [0.4, 0.5) is 0 Å². The first-order chi connectivity index (χ1) is 7.31. The molecule has 2 N–H and O–H groups in total. The maximum atomic E-state index is 5.71. The topological polar surface area (TPSA) is 29.3 Å². The molecule has 2 rings (SSSR count). The van der Waals surface area contributed by atoms with Crippen molar-refractivity contribution in [1.82, 2.24) is 4.90 Å². The summed E-state index contributed by atoms with van der Waals surface area (Å²) in [5.74, 6) is 1.06. The lowest BCUT2D eigenvalue weighted by molar-refractivity contribution is 0.0910. The lowest BCUT2D eigenvalue weighted by Gasteiger charge is -2.40. The maximum absolute atomic E-state index is 5.71. The molecule has 15 heavy (non-hydrogen) atoms. The smallest absolute Gasteiger partial charge is 0.0110 e. The summed E-state index contributed by atoms with van der Waals surface area (Å²) in [7, 11) is 0. The molecule has 0 bridgehead atoms. The van der Waals surface area contributed by atoms with Gasteiger partial charge in [-0.3, -0.25) is 4.90 Å². The number of likely N-dealkylation sites (tertiary alicyclic amines) is 1. The van der Waals surface area contributed by atoms with Crippen molar-refractivity contribution in [3.63, 3.8) is 0 Å². The zero-order valence-corrected chi connectivity index (χ0v) is 10.1. The average Bonchev–Trinajstić information content (AvgIpc) is 3.03. The van der Waals surface area contributed by atoms with Gasteiger partial charge in [-0.15, -0.1) is 0 Å². The Hall–Kier alpha value is -0.0800. The summed E-state index contributed by atoms with van der Waals surface area (Å²) in [4.78, 5) is 2.74. The van der Waals surface area contributed by atoms with E-state index in [2.05, 4.69) is 11.8 Å². The maximum Gasteiger partial charge on any atom is 0.0110 e. The van der Waals surface area contributed by atoms with Gasteiger partial charge < -0.3 is 5.73 Å². The monoisotopic (exact) mass is 210 g/mol. The number of hydrogen-bond acceptors (Lipinski definition) is 2. The Balaban J connectivity index is 1.84. The summed E-state index contributed by atoms with van der Waals surface area (Å²) in [5, 5.41) is 0. The second kappa shape index (κ2) is 5.31. The molecule has 2 nitrogen and oxygen atoms in total. The third kappa shape index (κ3) is 3.18. The summed E-state index contributed by atoms with van der Waals surface area (Å²) < 4.78 is 0. The van der Waals surface area contributed by atoms with Gasteiger partial charge in [-0.2, -0.15) is 0 Å². The van der Waals surface area contributed by atoms with Gasteiger partial charge in [-0.1, -0.05) is 19.3 Å². The van der Waals surface area contributed by atoms with E-state index in [0.717, 1.165) is 24.5 Å². The van der Waals surface area contributed by atoms with Gasteiger partial charge in [-0.05, 0) is 51.6 Å². The van der Waals surface area contributed by atoms with Crippen molar-refractivity contribution in [1.29, 1.82) is 0 Å². The first-order valence-corrected chi connectivity index (χ1v) is 6.77. The van der Waals surface area contributed by atoms with Gasteiger partial charge in [0, 0.05) is 12.1 Å². The van der Waals surface area contributed by atoms with E-state index in [4.69, 9.17) is 5.73 Å². The number of nitrogens with zero attached hydrogens (tertiary/aromatic N) is 1. The van der Waals surface area contributed by atoms with Crippen LogP contribution in [-0.2, 0) is 0 Å². The van der Waals surface area contributed by atoms with Crippen molar-refractivity contribution in [2.24, 2.45) is 11.7 Å². The van der Waals surface area contributed by atoms with Gasteiger partial charge in [0.25, 0.3) is 0 Å². The van der Waals surface area contributed by atoms with Crippen LogP contribution in [0, 0.1) is 5.92 Å². The third-order valence-electron chi connectivity index (χ3n) is 4.11. The van der Waals surface area contributed by atoms with Crippen molar-refractivity contribution in [3.05, 3.63) is 0 Å². The fourth-order valence-electron chi connectivity index (χ4n) is 3.08. The Bertz CT molecular complexity index is 187. The van der Waals surface area contributed by atoms with E-state index >= 15 is 0 Å². The highest BCUT2D eigenvalue weighted by Gasteiger charge is 2.30. The van der Waals surface area contributed by atoms with Crippen molar-refractivity contribution in [2.75, 3.05) is 13.1 Å². The van der Waals surface area contributed by atoms with Crippen molar-refractivity contribution < 1.29 is 0 Å². The molecule has 0 amide bonds. The first kappa shape index (κ1) is 11.4. The Labute approximate surface area is 94.2 Å². The van der Waals surface area contributed by atoms with Crippen LogP contribution in [0.25, 0.3) is 0 Å². The molecule has 1 aliphatic carbocycles. The number of nitrogens with two attached hydrogens (primary N) is 1. The van der Waals surface area contributed by atoms with Crippen LogP contribution in [-0.4, -0.2) is 30.1 Å². The van der Waals surface area contributed by atoms with E-state index < -0.39 is 0 Å². The molecule has 1 aliphatic heterocycles. The predicted octanol–water partition coefficient (Wildman–Crippen LogP) is 2.38. The largest absolute Gasteiger partial charge is 0.330 e. The van der Waals surface area contributed by atoms with Crippen LogP contribution in [0.2, 0.25) is 0 Å². The Kier molecular flexibility index (Phi) is 4.04. The highest BCUT2D eigenvalue weighted by Crippen LogP contribution is 2.36. The molecule has 1 saturated carbocycles. The molecule has 1 heterocycles. The van der Waals surface area contributed by atoms with Gasteiger partial charge in [0.1, 0.15) is 0 Å². The zero-order chi connectivity index (χ0) is 10.7. The SMILES string of the molecule is CC(CC1CC1)N1CCCCC1CCN. The molecule has 0 aromatic carbocycles. The van der Waals surface area contributed by atoms with Gasteiger partial charge in [-0.25, -0.2) is 0 Å². The fraction of sp³-hybridized carbons (Fsp3) is 1.00. The lowest BCUT2D eigenvalue weighted by Crippen LogP contribution is -2.46. The highest BCUT2D eigenvalue weighted by atomic mass is 15.2. The fourth-order valence-corrected chi connectivity index (χ4v) is 3.08. The van der Waals surface area contributed by atoms with Gasteiger partial charge in [0.15, 0.2) is 0 Å². The first-order valence-electron chi connectivity index (χ1n) is 6.77. The Morgan fingerprint density at radius 2 is 2.07 bits per heavy atom. The Morgan fingerprint density at radius 3 is 2.73 bits per heavy atom. The Morgan fingerprint density at radius 1 is 1.27 bits per heavy atom. The summed E-state index contributed by atoms with van der Waals surface area (Å²) >= 11 is 0. The van der Waals surface area contributed by atoms with E-state index in [9.17, 15) is 0 Å². The molecule has 2 fully saturated rings. The van der Waals surface area contributed by atoms with Crippen LogP contribution in [0.3, 0.4) is 0 Å². The minimum atomic E-state index is 0.789. The normalized spacial score (nSPS) is 30.4. The van der Waals surface area contributed by atoms with E-state index in [1.54, 1.807) is 0 Å². The minimum Gasteiger partial charge on any atom is -0.330 e. The molecular formula is C13H26N2. The molecule has 88 valence electrons. The van der Waals surface area contributed by atoms with E-state index in [1.165, 1.54) is 51.5 Å². The third-order valence-corrected chi connectivity index (χ3v) is 4.11. The van der Waals surface area contributed by atoms with E-state index in [-0.39, 0.29) is 0 Å². The van der Waals surface area contributed by atoms with E-state index in [1.807, 2.05) is 0 Å². The van der Waals surface area contributed by atoms with Crippen LogP contribution in [0.1, 0.15) is 51.9 Å². The van der Waals surface area contributed by atoms with Gasteiger partial charge in [0.2, 0.25) is 0 Å². The minimum absolute atomic E-state index is 0.789. The van der Waals surface area contributed by atoms with Crippen LogP contribution < -0.4 is 5.73 Å². The van der Waals surface area contributed by atoms with E-state index in [0.29, 0.717) is 0 Å². The summed E-state index contributed by atoms with van der Waals surface area (Å²) in [6, 6.07) is 1.59. The molecule has 2 heteroatoms. The summed E-state index contributed by atoms with van der Waals surface area (Å²) in [5.41, 5.74) is 5.71. The van der Waals surface area contributed by atoms with Crippen LogP contribution in [0.15, 0.2) is 0 Å². The van der Waals surface area contributed by atoms with Crippen molar-refractivity contribution in [2.45, 2.75) is 64.0 Å². The molecule has 2 aliphatic rings. The van der Waals surface area contributed by atoms with Crippen LogP contribution >= 0.6 is 0 Å². The molecule has 0 aromatic heterocycles. The second-order valence-electron chi connectivity index (χ2n) is 5.49. The number of rotatable bonds is 5. The molecule has 2 unspecified atom stereocenters. The quantitative estimate of drug-likeness (QED) is 0.755. The highest BCUT2D eigenvalue weighted by molar-refractivity contribution is 4.85. The molecule has 0 radical (unpaired) electrons. The molecular weight excluding hydrogens is 184 g/mol. The molecule has 1 saturated heterocycles. The zero-order valence-electron chi connectivity index (χ0n) is 10.1. The molecule has 0 aromatic rings. The van der Waals surface area contributed by atoms with Crippen molar-refractivity contribution in [3.8, 4) is 0 Å². The van der Waals surface area contributed by atoms with Gasteiger partial charge in [0.05, 0.1) is 0 Å². The molecule has 2 atom stereocenters. The summed E-state index contributed by atoms with van der Waals surface area (Å²) in [6.07, 6.45) is 9.80. The number of piperidine rings is 1. The van der Waals surface area contributed by atoms with Gasteiger partial charge >= 0.3 is 0 Å².